The summed E-state index contributed by atoms with van der Waals surface area (Å²) < 4.78 is 26.5. The summed E-state index contributed by atoms with van der Waals surface area (Å²) in [6.07, 6.45) is -0.831. The Hall–Kier alpha value is -1.46. The topological polar surface area (TPSA) is 74.6 Å². The Morgan fingerprint density at radius 1 is 1.39 bits per heavy atom. The van der Waals surface area contributed by atoms with E-state index in [4.69, 9.17) is 5.11 Å². The van der Waals surface area contributed by atoms with Gasteiger partial charge < -0.3 is 10.2 Å². The molecule has 0 amide bonds. The highest BCUT2D eigenvalue weighted by Crippen LogP contribution is 2.53. The molecular formula is C12H16F2O4. The van der Waals surface area contributed by atoms with Crippen LogP contribution in [0.5, 0.6) is 0 Å². The molecule has 1 aliphatic rings. The quantitative estimate of drug-likeness (QED) is 0.763. The fourth-order valence-electron chi connectivity index (χ4n) is 2.87. The fourth-order valence-corrected chi connectivity index (χ4v) is 2.87. The standard InChI is InChI=1S/C12H16F2O4/c1-3-7-11(2,9(15)16)5-4-6-12(7,8(13)14)10(17)18/h4-5,7-8H,3,6H2,1-2H3,(H,15,16)(H,17,18). The van der Waals surface area contributed by atoms with Crippen LogP contribution < -0.4 is 0 Å². The van der Waals surface area contributed by atoms with Gasteiger partial charge in [0, 0.05) is 0 Å². The van der Waals surface area contributed by atoms with Crippen LogP contribution >= 0.6 is 0 Å². The SMILES string of the molecule is CCC1C(C)(C(=O)O)C=CCC1(C(=O)O)C(F)F. The van der Waals surface area contributed by atoms with Gasteiger partial charge in [-0.25, -0.2) is 8.78 Å². The fraction of sp³-hybridized carbons (Fsp3) is 0.667. The van der Waals surface area contributed by atoms with Gasteiger partial charge >= 0.3 is 11.9 Å². The highest BCUT2D eigenvalue weighted by Gasteiger charge is 2.61. The van der Waals surface area contributed by atoms with Crippen LogP contribution in [-0.2, 0) is 9.59 Å². The zero-order valence-corrected chi connectivity index (χ0v) is 10.2. The van der Waals surface area contributed by atoms with Crippen molar-refractivity contribution in [2.24, 2.45) is 16.7 Å². The summed E-state index contributed by atoms with van der Waals surface area (Å²) in [4.78, 5) is 22.6. The molecule has 18 heavy (non-hydrogen) atoms. The second-order valence-corrected chi connectivity index (χ2v) is 4.80. The monoisotopic (exact) mass is 262 g/mol. The number of hydrogen-bond acceptors (Lipinski definition) is 2. The van der Waals surface area contributed by atoms with Crippen molar-refractivity contribution in [3.63, 3.8) is 0 Å². The number of halogens is 2. The number of aliphatic carboxylic acids is 2. The van der Waals surface area contributed by atoms with Crippen LogP contribution in [0.4, 0.5) is 8.78 Å². The van der Waals surface area contributed by atoms with E-state index < -0.39 is 35.1 Å². The highest BCUT2D eigenvalue weighted by atomic mass is 19.3. The molecule has 1 rings (SSSR count). The molecule has 0 spiro atoms. The molecule has 0 bridgehead atoms. The normalized spacial score (nSPS) is 35.7. The first-order valence-electron chi connectivity index (χ1n) is 5.66. The predicted molar refractivity (Wildman–Crippen MR) is 59.4 cm³/mol. The maximum atomic E-state index is 13.3. The van der Waals surface area contributed by atoms with Crippen LogP contribution in [0.2, 0.25) is 0 Å². The van der Waals surface area contributed by atoms with Gasteiger partial charge in [0.25, 0.3) is 6.43 Å². The molecule has 0 saturated heterocycles. The lowest BCUT2D eigenvalue weighted by Crippen LogP contribution is -2.54. The maximum Gasteiger partial charge on any atom is 0.316 e. The van der Waals surface area contributed by atoms with E-state index in [0.717, 1.165) is 0 Å². The number of allylic oxidation sites excluding steroid dienone is 1. The summed E-state index contributed by atoms with van der Waals surface area (Å²) >= 11 is 0. The first-order chi connectivity index (χ1) is 8.23. The van der Waals surface area contributed by atoms with Crippen molar-refractivity contribution in [3.05, 3.63) is 12.2 Å². The van der Waals surface area contributed by atoms with Crippen molar-refractivity contribution in [2.45, 2.75) is 33.1 Å². The number of carboxylic acid groups (broad SMARTS) is 2. The van der Waals surface area contributed by atoms with Gasteiger partial charge in [-0.2, -0.15) is 0 Å². The van der Waals surface area contributed by atoms with Gasteiger partial charge in [-0.15, -0.1) is 0 Å². The second-order valence-electron chi connectivity index (χ2n) is 4.80. The Morgan fingerprint density at radius 3 is 2.28 bits per heavy atom. The highest BCUT2D eigenvalue weighted by molar-refractivity contribution is 5.82. The van der Waals surface area contributed by atoms with E-state index in [2.05, 4.69) is 0 Å². The first-order valence-corrected chi connectivity index (χ1v) is 5.66. The minimum atomic E-state index is -3.11. The predicted octanol–water partition coefficient (Wildman–Crippen LogP) is 2.40. The molecule has 102 valence electrons. The van der Waals surface area contributed by atoms with Crippen LogP contribution in [0.15, 0.2) is 12.2 Å². The van der Waals surface area contributed by atoms with E-state index in [0.29, 0.717) is 0 Å². The minimum Gasteiger partial charge on any atom is -0.481 e. The van der Waals surface area contributed by atoms with E-state index in [1.807, 2.05) is 0 Å². The van der Waals surface area contributed by atoms with Gasteiger partial charge in [0.05, 0.1) is 5.41 Å². The molecule has 0 aromatic rings. The molecule has 0 aromatic heterocycles. The van der Waals surface area contributed by atoms with Crippen molar-refractivity contribution < 1.29 is 28.6 Å². The van der Waals surface area contributed by atoms with Crippen LogP contribution in [0, 0.1) is 16.7 Å². The molecule has 0 saturated carbocycles. The van der Waals surface area contributed by atoms with Gasteiger partial charge in [-0.1, -0.05) is 25.5 Å². The number of rotatable bonds is 4. The molecule has 1 aliphatic carbocycles. The Balaban J connectivity index is 3.43. The van der Waals surface area contributed by atoms with E-state index in [1.54, 1.807) is 0 Å². The number of alkyl halides is 2. The Labute approximate surface area is 103 Å². The number of carbonyl (C=O) groups is 2. The molecule has 3 unspecified atom stereocenters. The van der Waals surface area contributed by atoms with Crippen molar-refractivity contribution in [1.29, 1.82) is 0 Å². The number of hydrogen-bond donors (Lipinski definition) is 2. The number of carboxylic acids is 2. The Morgan fingerprint density at radius 2 is 1.94 bits per heavy atom. The van der Waals surface area contributed by atoms with Gasteiger partial charge in [0.15, 0.2) is 0 Å². The molecule has 0 aromatic carbocycles. The van der Waals surface area contributed by atoms with Gasteiger partial charge in [0.1, 0.15) is 5.41 Å². The second kappa shape index (κ2) is 4.66. The lowest BCUT2D eigenvalue weighted by Gasteiger charge is -2.45. The van der Waals surface area contributed by atoms with Gasteiger partial charge in [0.2, 0.25) is 0 Å². The molecule has 0 radical (unpaired) electrons. The third kappa shape index (κ3) is 1.79. The third-order valence-electron chi connectivity index (χ3n) is 3.92. The van der Waals surface area contributed by atoms with Crippen molar-refractivity contribution in [2.75, 3.05) is 0 Å². The minimum absolute atomic E-state index is 0.0593. The smallest absolute Gasteiger partial charge is 0.316 e. The molecule has 0 aliphatic heterocycles. The lowest BCUT2D eigenvalue weighted by atomic mass is 9.57. The van der Waals surface area contributed by atoms with Crippen LogP contribution in [0.3, 0.4) is 0 Å². The maximum absolute atomic E-state index is 13.3. The van der Waals surface area contributed by atoms with Crippen molar-refractivity contribution in [1.82, 2.24) is 0 Å². The average molecular weight is 262 g/mol. The molecule has 4 nitrogen and oxygen atoms in total. The summed E-state index contributed by atoms with van der Waals surface area (Å²) in [5.41, 5.74) is -3.90. The first kappa shape index (κ1) is 14.6. The van der Waals surface area contributed by atoms with Crippen molar-refractivity contribution >= 4 is 11.9 Å². The zero-order valence-electron chi connectivity index (χ0n) is 10.2. The van der Waals surface area contributed by atoms with Crippen LogP contribution in [0.1, 0.15) is 26.7 Å². The largest absolute Gasteiger partial charge is 0.481 e. The van der Waals surface area contributed by atoms with Crippen LogP contribution in [0.25, 0.3) is 0 Å². The Bertz CT molecular complexity index is 394. The molecule has 3 atom stereocenters. The summed E-state index contributed by atoms with van der Waals surface area (Å²) in [6.45, 7) is 2.82. The molecular weight excluding hydrogens is 246 g/mol. The third-order valence-corrected chi connectivity index (χ3v) is 3.92. The summed E-state index contributed by atoms with van der Waals surface area (Å²) in [7, 11) is 0. The van der Waals surface area contributed by atoms with Crippen molar-refractivity contribution in [3.8, 4) is 0 Å². The van der Waals surface area contributed by atoms with E-state index in [9.17, 15) is 23.5 Å². The van der Waals surface area contributed by atoms with E-state index >= 15 is 0 Å². The average Bonchev–Trinajstić information content (AvgIpc) is 2.27. The summed E-state index contributed by atoms with van der Waals surface area (Å²) in [5.74, 6) is -4.07. The Kier molecular flexibility index (Phi) is 3.78. The molecule has 6 heteroatoms. The zero-order chi connectivity index (χ0) is 14.1. The van der Waals surface area contributed by atoms with Gasteiger partial charge in [-0.05, 0) is 19.3 Å². The molecule has 0 heterocycles. The van der Waals surface area contributed by atoms with E-state index in [-0.39, 0.29) is 12.8 Å². The summed E-state index contributed by atoms with van der Waals surface area (Å²) in [5, 5.41) is 18.4. The molecule has 0 fully saturated rings. The van der Waals surface area contributed by atoms with E-state index in [1.165, 1.54) is 26.0 Å². The van der Waals surface area contributed by atoms with Crippen LogP contribution in [-0.4, -0.2) is 28.6 Å². The molecule has 2 N–H and O–H groups in total. The summed E-state index contributed by atoms with van der Waals surface area (Å²) in [6, 6.07) is 0. The lowest BCUT2D eigenvalue weighted by molar-refractivity contribution is -0.178. The van der Waals surface area contributed by atoms with Gasteiger partial charge in [-0.3, -0.25) is 9.59 Å².